The predicted molar refractivity (Wildman–Crippen MR) is 84.5 cm³/mol. The molecule has 1 aromatic carbocycles. The summed E-state index contributed by atoms with van der Waals surface area (Å²) >= 11 is 0. The second-order valence-corrected chi connectivity index (χ2v) is 6.48. The van der Waals surface area contributed by atoms with Crippen LogP contribution >= 0.6 is 0 Å². The van der Waals surface area contributed by atoms with E-state index in [1.807, 2.05) is 13.8 Å². The van der Waals surface area contributed by atoms with Gasteiger partial charge in [0.05, 0.1) is 5.41 Å². The van der Waals surface area contributed by atoms with E-state index in [2.05, 4.69) is 48.7 Å². The molecule has 1 aromatic rings. The van der Waals surface area contributed by atoms with Crippen LogP contribution in [0.2, 0.25) is 0 Å². The SMILES string of the molecule is CNC(=O)C(C)(C)CNCc1ccc(CC(C)C)cc1. The summed E-state index contributed by atoms with van der Waals surface area (Å²) in [6, 6.07) is 8.72. The van der Waals surface area contributed by atoms with Crippen LogP contribution in [0.5, 0.6) is 0 Å². The average Bonchev–Trinajstić information content (AvgIpc) is 2.39. The lowest BCUT2D eigenvalue weighted by molar-refractivity contribution is -0.128. The lowest BCUT2D eigenvalue weighted by Gasteiger charge is -2.23. The molecule has 20 heavy (non-hydrogen) atoms. The third kappa shape index (κ3) is 5.33. The first-order valence-electron chi connectivity index (χ1n) is 7.36. The van der Waals surface area contributed by atoms with Gasteiger partial charge in [-0.1, -0.05) is 38.1 Å². The Labute approximate surface area is 123 Å². The number of benzene rings is 1. The number of hydrogen-bond donors (Lipinski definition) is 2. The maximum Gasteiger partial charge on any atom is 0.226 e. The molecule has 0 bridgehead atoms. The number of rotatable bonds is 7. The predicted octanol–water partition coefficient (Wildman–Crippen LogP) is 2.75. The Hall–Kier alpha value is -1.35. The van der Waals surface area contributed by atoms with E-state index >= 15 is 0 Å². The van der Waals surface area contributed by atoms with E-state index < -0.39 is 0 Å². The lowest BCUT2D eigenvalue weighted by atomic mass is 9.92. The van der Waals surface area contributed by atoms with Crippen LogP contribution in [0, 0.1) is 11.3 Å². The first-order valence-corrected chi connectivity index (χ1v) is 7.36. The van der Waals surface area contributed by atoms with E-state index in [0.717, 1.165) is 13.0 Å². The molecule has 0 saturated heterocycles. The Morgan fingerprint density at radius 2 is 1.70 bits per heavy atom. The number of hydrogen-bond acceptors (Lipinski definition) is 2. The van der Waals surface area contributed by atoms with Crippen molar-refractivity contribution in [2.24, 2.45) is 11.3 Å². The van der Waals surface area contributed by atoms with Gasteiger partial charge in [-0.25, -0.2) is 0 Å². The molecule has 2 N–H and O–H groups in total. The highest BCUT2D eigenvalue weighted by molar-refractivity contribution is 5.81. The summed E-state index contributed by atoms with van der Waals surface area (Å²) in [5.74, 6) is 0.754. The highest BCUT2D eigenvalue weighted by Gasteiger charge is 2.25. The van der Waals surface area contributed by atoms with Crippen LogP contribution in [0.3, 0.4) is 0 Å². The van der Waals surface area contributed by atoms with Gasteiger partial charge in [0.25, 0.3) is 0 Å². The molecule has 112 valence electrons. The average molecular weight is 276 g/mol. The Balaban J connectivity index is 2.44. The second kappa shape index (κ2) is 7.44. The summed E-state index contributed by atoms with van der Waals surface area (Å²) < 4.78 is 0. The zero-order valence-corrected chi connectivity index (χ0v) is 13.4. The van der Waals surface area contributed by atoms with Crippen LogP contribution < -0.4 is 10.6 Å². The van der Waals surface area contributed by atoms with Crippen molar-refractivity contribution in [2.45, 2.75) is 40.7 Å². The standard InChI is InChI=1S/C17H28N2O/c1-13(2)10-14-6-8-15(9-7-14)11-19-12-17(3,4)16(20)18-5/h6-9,13,19H,10-12H2,1-5H3,(H,18,20). The van der Waals surface area contributed by atoms with Gasteiger partial charge in [0.2, 0.25) is 5.91 Å². The van der Waals surface area contributed by atoms with Gasteiger partial charge in [0, 0.05) is 20.1 Å². The Morgan fingerprint density at radius 1 is 1.15 bits per heavy atom. The van der Waals surface area contributed by atoms with Gasteiger partial charge in [0.15, 0.2) is 0 Å². The monoisotopic (exact) mass is 276 g/mol. The first-order chi connectivity index (χ1) is 9.35. The van der Waals surface area contributed by atoms with E-state index in [4.69, 9.17) is 0 Å². The molecule has 3 heteroatoms. The van der Waals surface area contributed by atoms with Crippen molar-refractivity contribution in [3.8, 4) is 0 Å². The maximum atomic E-state index is 11.7. The van der Waals surface area contributed by atoms with Crippen LogP contribution in [0.15, 0.2) is 24.3 Å². The quantitative estimate of drug-likeness (QED) is 0.804. The molecule has 0 aliphatic carbocycles. The Bertz CT molecular complexity index is 421. The summed E-state index contributed by atoms with van der Waals surface area (Å²) in [5.41, 5.74) is 2.26. The van der Waals surface area contributed by atoms with Gasteiger partial charge in [0.1, 0.15) is 0 Å². The van der Waals surface area contributed by atoms with Crippen molar-refractivity contribution in [3.63, 3.8) is 0 Å². The lowest BCUT2D eigenvalue weighted by Crippen LogP contribution is -2.41. The van der Waals surface area contributed by atoms with Crippen molar-refractivity contribution >= 4 is 5.91 Å². The van der Waals surface area contributed by atoms with Crippen LogP contribution in [-0.2, 0) is 17.8 Å². The van der Waals surface area contributed by atoms with Gasteiger partial charge in [-0.05, 0) is 37.3 Å². The van der Waals surface area contributed by atoms with Crippen LogP contribution in [-0.4, -0.2) is 19.5 Å². The highest BCUT2D eigenvalue weighted by atomic mass is 16.2. The van der Waals surface area contributed by atoms with Crippen molar-refractivity contribution in [1.29, 1.82) is 0 Å². The zero-order valence-electron chi connectivity index (χ0n) is 13.4. The van der Waals surface area contributed by atoms with E-state index in [1.165, 1.54) is 11.1 Å². The summed E-state index contributed by atoms with van der Waals surface area (Å²) in [6.07, 6.45) is 1.12. The fourth-order valence-electron chi connectivity index (χ4n) is 2.20. The molecule has 0 spiro atoms. The molecule has 0 saturated carbocycles. The Morgan fingerprint density at radius 3 is 2.20 bits per heavy atom. The van der Waals surface area contributed by atoms with Gasteiger partial charge in [-0.3, -0.25) is 4.79 Å². The number of amides is 1. The highest BCUT2D eigenvalue weighted by Crippen LogP contribution is 2.14. The summed E-state index contributed by atoms with van der Waals surface area (Å²) in [7, 11) is 1.68. The number of nitrogens with one attached hydrogen (secondary N) is 2. The zero-order chi connectivity index (χ0) is 15.2. The molecule has 0 radical (unpaired) electrons. The molecule has 3 nitrogen and oxygen atoms in total. The fraction of sp³-hybridized carbons (Fsp3) is 0.588. The largest absolute Gasteiger partial charge is 0.359 e. The number of carbonyl (C=O) groups excluding carboxylic acids is 1. The molecular formula is C17H28N2O. The van der Waals surface area contributed by atoms with Gasteiger partial charge >= 0.3 is 0 Å². The van der Waals surface area contributed by atoms with Gasteiger partial charge < -0.3 is 10.6 Å². The van der Waals surface area contributed by atoms with Crippen LogP contribution in [0.25, 0.3) is 0 Å². The molecule has 0 aliphatic rings. The minimum Gasteiger partial charge on any atom is -0.359 e. The third-order valence-corrected chi connectivity index (χ3v) is 3.40. The van der Waals surface area contributed by atoms with Gasteiger partial charge in [-0.15, -0.1) is 0 Å². The minimum absolute atomic E-state index is 0.0669. The smallest absolute Gasteiger partial charge is 0.226 e. The summed E-state index contributed by atoms with van der Waals surface area (Å²) in [4.78, 5) is 11.7. The molecule has 0 aromatic heterocycles. The van der Waals surface area contributed by atoms with E-state index in [0.29, 0.717) is 12.5 Å². The van der Waals surface area contributed by atoms with Crippen LogP contribution in [0.4, 0.5) is 0 Å². The van der Waals surface area contributed by atoms with E-state index in [-0.39, 0.29) is 11.3 Å². The van der Waals surface area contributed by atoms with Crippen molar-refractivity contribution in [3.05, 3.63) is 35.4 Å². The normalized spacial score (nSPS) is 11.7. The first kappa shape index (κ1) is 16.7. The number of carbonyl (C=O) groups is 1. The molecule has 1 amide bonds. The second-order valence-electron chi connectivity index (χ2n) is 6.48. The molecule has 0 fully saturated rings. The molecule has 1 rings (SSSR count). The van der Waals surface area contributed by atoms with Crippen molar-refractivity contribution < 1.29 is 4.79 Å². The summed E-state index contributed by atoms with van der Waals surface area (Å²) in [6.45, 7) is 9.82. The molecule has 0 heterocycles. The topological polar surface area (TPSA) is 41.1 Å². The third-order valence-electron chi connectivity index (χ3n) is 3.40. The van der Waals surface area contributed by atoms with Crippen molar-refractivity contribution in [1.82, 2.24) is 10.6 Å². The molecule has 0 unspecified atom stereocenters. The molecule has 0 aliphatic heterocycles. The van der Waals surface area contributed by atoms with E-state index in [1.54, 1.807) is 7.05 Å². The Kier molecular flexibility index (Phi) is 6.21. The fourth-order valence-corrected chi connectivity index (χ4v) is 2.20. The van der Waals surface area contributed by atoms with Crippen LogP contribution in [0.1, 0.15) is 38.8 Å². The molecular weight excluding hydrogens is 248 g/mol. The minimum atomic E-state index is -0.383. The van der Waals surface area contributed by atoms with E-state index in [9.17, 15) is 4.79 Å². The van der Waals surface area contributed by atoms with Gasteiger partial charge in [-0.2, -0.15) is 0 Å². The van der Waals surface area contributed by atoms with Crippen molar-refractivity contribution in [2.75, 3.05) is 13.6 Å². The summed E-state index contributed by atoms with van der Waals surface area (Å²) in [5, 5.41) is 6.06. The molecule has 0 atom stereocenters. The maximum absolute atomic E-state index is 11.7.